The third-order valence-electron chi connectivity index (χ3n) is 5.35. The van der Waals surface area contributed by atoms with E-state index in [4.69, 9.17) is 4.74 Å². The molecule has 0 fully saturated rings. The van der Waals surface area contributed by atoms with E-state index in [1.165, 1.54) is 0 Å². The lowest BCUT2D eigenvalue weighted by Crippen LogP contribution is -2.31. The second-order valence-corrected chi connectivity index (χ2v) is 6.95. The molecule has 0 saturated heterocycles. The van der Waals surface area contributed by atoms with Crippen molar-refractivity contribution in [2.45, 2.75) is 5.41 Å². The number of benzene rings is 3. The van der Waals surface area contributed by atoms with Crippen molar-refractivity contribution >= 4 is 5.97 Å². The zero-order valence-corrected chi connectivity index (χ0v) is 16.5. The van der Waals surface area contributed by atoms with Gasteiger partial charge in [-0.15, -0.1) is 0 Å². The molecule has 30 heavy (non-hydrogen) atoms. The van der Waals surface area contributed by atoms with Crippen LogP contribution in [0.4, 0.5) is 0 Å². The number of aromatic nitrogens is 1. The summed E-state index contributed by atoms with van der Waals surface area (Å²) in [5.41, 5.74) is 3.39. The van der Waals surface area contributed by atoms with Gasteiger partial charge in [0.15, 0.2) is 0 Å². The molecule has 1 aromatic heterocycles. The summed E-state index contributed by atoms with van der Waals surface area (Å²) < 4.78 is 5.36. The highest BCUT2D eigenvalue weighted by atomic mass is 16.5. The lowest BCUT2D eigenvalue weighted by Gasteiger charge is -2.36. The number of rotatable bonds is 6. The van der Waals surface area contributed by atoms with Crippen LogP contribution in [0, 0.1) is 0 Å². The summed E-state index contributed by atoms with van der Waals surface area (Å²) in [6.07, 6.45) is 1.66. The van der Waals surface area contributed by atoms with E-state index in [1.54, 1.807) is 19.4 Å². The van der Waals surface area contributed by atoms with Gasteiger partial charge in [0, 0.05) is 6.20 Å². The molecule has 0 aliphatic rings. The van der Waals surface area contributed by atoms with E-state index in [9.17, 15) is 9.90 Å². The van der Waals surface area contributed by atoms with Crippen molar-refractivity contribution in [2.75, 3.05) is 7.11 Å². The average Bonchev–Trinajstić information content (AvgIpc) is 2.82. The van der Waals surface area contributed by atoms with Gasteiger partial charge in [-0.2, -0.15) is 0 Å². The average molecular weight is 395 g/mol. The van der Waals surface area contributed by atoms with Crippen LogP contribution in [0.5, 0.6) is 5.75 Å². The Morgan fingerprint density at radius 3 is 1.67 bits per heavy atom. The minimum Gasteiger partial charge on any atom is -0.497 e. The Labute approximate surface area is 175 Å². The van der Waals surface area contributed by atoms with Gasteiger partial charge in [-0.1, -0.05) is 78.9 Å². The molecule has 0 spiro atoms. The van der Waals surface area contributed by atoms with Gasteiger partial charge in [0.05, 0.1) is 12.5 Å². The highest BCUT2D eigenvalue weighted by Crippen LogP contribution is 2.45. The zero-order valence-electron chi connectivity index (χ0n) is 16.5. The van der Waals surface area contributed by atoms with Gasteiger partial charge in [0.1, 0.15) is 11.4 Å². The number of hydrogen-bond donors (Lipinski definition) is 1. The van der Waals surface area contributed by atoms with Gasteiger partial charge in [-0.3, -0.25) is 0 Å². The fourth-order valence-electron chi connectivity index (χ4n) is 3.96. The topological polar surface area (TPSA) is 59.4 Å². The minimum atomic E-state index is -1.05. The van der Waals surface area contributed by atoms with Crippen LogP contribution in [0.15, 0.2) is 103 Å². The summed E-state index contributed by atoms with van der Waals surface area (Å²) in [6.45, 7) is 0. The Morgan fingerprint density at radius 2 is 1.23 bits per heavy atom. The van der Waals surface area contributed by atoms with E-state index in [2.05, 4.69) is 29.2 Å². The highest BCUT2D eigenvalue weighted by Gasteiger charge is 2.38. The number of aromatic carboxylic acids is 1. The van der Waals surface area contributed by atoms with Crippen LogP contribution in [-0.2, 0) is 5.41 Å². The number of hydrogen-bond acceptors (Lipinski definition) is 3. The van der Waals surface area contributed by atoms with Crippen molar-refractivity contribution in [1.82, 2.24) is 4.98 Å². The van der Waals surface area contributed by atoms with E-state index in [0.29, 0.717) is 0 Å². The predicted octanol–water partition coefficient (Wildman–Crippen LogP) is 5.17. The number of pyridine rings is 1. The molecule has 4 rings (SSSR count). The molecule has 0 aliphatic carbocycles. The summed E-state index contributed by atoms with van der Waals surface area (Å²) in [6, 6.07) is 31.7. The van der Waals surface area contributed by atoms with Crippen molar-refractivity contribution in [3.63, 3.8) is 0 Å². The highest BCUT2D eigenvalue weighted by molar-refractivity contribution is 5.85. The SMILES string of the molecule is COc1ccc(C(c2ccccc2)(c2ccccc2)c2ccc(C(=O)O)nc2)cc1. The summed E-state index contributed by atoms with van der Waals surface area (Å²) in [4.78, 5) is 15.6. The second kappa shape index (κ2) is 8.21. The summed E-state index contributed by atoms with van der Waals surface area (Å²) in [5.74, 6) is -0.274. The van der Waals surface area contributed by atoms with Crippen LogP contribution in [-0.4, -0.2) is 23.2 Å². The summed E-state index contributed by atoms with van der Waals surface area (Å²) in [5, 5.41) is 9.31. The first-order chi connectivity index (χ1) is 14.7. The molecule has 0 radical (unpaired) electrons. The van der Waals surface area contributed by atoms with Crippen LogP contribution in [0.3, 0.4) is 0 Å². The lowest BCUT2D eigenvalue weighted by atomic mass is 9.65. The first kappa shape index (κ1) is 19.4. The molecule has 0 atom stereocenters. The molecule has 148 valence electrons. The molecule has 0 amide bonds. The van der Waals surface area contributed by atoms with Gasteiger partial charge < -0.3 is 9.84 Å². The molecule has 4 nitrogen and oxygen atoms in total. The van der Waals surface area contributed by atoms with Crippen LogP contribution < -0.4 is 4.74 Å². The number of carbonyl (C=O) groups is 1. The Morgan fingerprint density at radius 1 is 0.733 bits per heavy atom. The Kier molecular flexibility index (Phi) is 5.31. The predicted molar refractivity (Wildman–Crippen MR) is 116 cm³/mol. The Balaban J connectivity index is 2.06. The maximum atomic E-state index is 11.4. The normalized spacial score (nSPS) is 11.1. The number of carboxylic acid groups (broad SMARTS) is 1. The minimum absolute atomic E-state index is 0.0171. The molecular formula is C26H21NO3. The monoisotopic (exact) mass is 395 g/mol. The van der Waals surface area contributed by atoms with Crippen molar-refractivity contribution in [2.24, 2.45) is 0 Å². The molecule has 0 aliphatic heterocycles. The van der Waals surface area contributed by atoms with Crippen LogP contribution in [0.25, 0.3) is 0 Å². The van der Waals surface area contributed by atoms with E-state index in [1.807, 2.05) is 66.7 Å². The maximum absolute atomic E-state index is 11.4. The standard InChI is InChI=1S/C26H21NO3/c1-30-23-15-12-21(13-16-23)26(19-8-4-2-5-9-19,20-10-6-3-7-11-20)22-14-17-24(25(28)29)27-18-22/h2-18H,1H3,(H,28,29). The maximum Gasteiger partial charge on any atom is 0.354 e. The van der Waals surface area contributed by atoms with Crippen molar-refractivity contribution in [1.29, 1.82) is 0 Å². The smallest absolute Gasteiger partial charge is 0.354 e. The second-order valence-electron chi connectivity index (χ2n) is 6.95. The first-order valence-electron chi connectivity index (χ1n) is 9.61. The number of nitrogens with zero attached hydrogens (tertiary/aromatic N) is 1. The van der Waals surface area contributed by atoms with Gasteiger partial charge in [-0.05, 0) is 40.5 Å². The van der Waals surface area contributed by atoms with E-state index >= 15 is 0 Å². The number of methoxy groups -OCH3 is 1. The molecule has 1 N–H and O–H groups in total. The van der Waals surface area contributed by atoms with Gasteiger partial charge >= 0.3 is 5.97 Å². The van der Waals surface area contributed by atoms with Crippen LogP contribution in [0.2, 0.25) is 0 Å². The van der Waals surface area contributed by atoms with Gasteiger partial charge in [-0.25, -0.2) is 9.78 Å². The molecule has 3 aromatic carbocycles. The van der Waals surface area contributed by atoms with Crippen LogP contribution in [0.1, 0.15) is 32.7 Å². The quantitative estimate of drug-likeness (QED) is 0.458. The fourth-order valence-corrected chi connectivity index (χ4v) is 3.96. The molecule has 0 unspecified atom stereocenters. The molecule has 1 heterocycles. The lowest BCUT2D eigenvalue weighted by molar-refractivity contribution is 0.0690. The Bertz CT molecular complexity index is 1080. The van der Waals surface area contributed by atoms with E-state index < -0.39 is 11.4 Å². The van der Waals surface area contributed by atoms with Crippen LogP contribution >= 0.6 is 0 Å². The molecule has 4 aromatic rings. The molecule has 0 saturated carbocycles. The molecule has 4 heteroatoms. The number of ether oxygens (including phenoxy) is 1. The Hall–Kier alpha value is -3.92. The fraction of sp³-hybridized carbons (Fsp3) is 0.0769. The van der Waals surface area contributed by atoms with E-state index in [-0.39, 0.29) is 5.69 Å². The third kappa shape index (κ3) is 3.33. The van der Waals surface area contributed by atoms with Crippen molar-refractivity contribution < 1.29 is 14.6 Å². The summed E-state index contributed by atoms with van der Waals surface area (Å²) >= 11 is 0. The first-order valence-corrected chi connectivity index (χ1v) is 9.61. The van der Waals surface area contributed by atoms with Gasteiger partial charge in [0.25, 0.3) is 0 Å². The van der Waals surface area contributed by atoms with E-state index in [0.717, 1.165) is 28.0 Å². The van der Waals surface area contributed by atoms with Gasteiger partial charge in [0.2, 0.25) is 0 Å². The summed E-state index contributed by atoms with van der Waals surface area (Å²) in [7, 11) is 1.64. The largest absolute Gasteiger partial charge is 0.497 e. The molecule has 0 bridgehead atoms. The van der Waals surface area contributed by atoms with Crippen molar-refractivity contribution in [3.8, 4) is 5.75 Å². The number of carboxylic acids is 1. The zero-order chi connectivity index (χ0) is 21.0. The molecular weight excluding hydrogens is 374 g/mol. The van der Waals surface area contributed by atoms with Crippen molar-refractivity contribution in [3.05, 3.63) is 131 Å². The third-order valence-corrected chi connectivity index (χ3v) is 5.35.